The lowest BCUT2D eigenvalue weighted by Gasteiger charge is -2.37. The van der Waals surface area contributed by atoms with Gasteiger partial charge in [-0.05, 0) is 11.8 Å². The highest BCUT2D eigenvalue weighted by molar-refractivity contribution is 6.24. The first-order valence-electron chi connectivity index (χ1n) is 5.26. The van der Waals surface area contributed by atoms with Crippen molar-refractivity contribution in [2.24, 2.45) is 10.8 Å². The molecule has 0 aromatic rings. The van der Waals surface area contributed by atoms with E-state index in [1.807, 2.05) is 0 Å². The lowest BCUT2D eigenvalue weighted by molar-refractivity contribution is -0.167. The summed E-state index contributed by atoms with van der Waals surface area (Å²) in [5, 5.41) is 0. The Hall–Kier alpha value is -1.13. The van der Waals surface area contributed by atoms with E-state index in [-0.39, 0.29) is 0 Å². The molecule has 5 heteroatoms. The van der Waals surface area contributed by atoms with E-state index < -0.39 is 34.1 Å². The average molecular weight is 248 g/mol. The minimum atomic E-state index is -5.00. The monoisotopic (exact) mass is 248 g/mol. The largest absolute Gasteiger partial charge is 0.454 e. The highest BCUT2D eigenvalue weighted by atomic mass is 19.4. The standard InChI is InChI=1S/C12H15F3O2/c1-10(2)5-7(9(17)12(13,14)15)8(16)11(3,4)6-10/h5H,6H2,1-4H3. The van der Waals surface area contributed by atoms with E-state index in [4.69, 9.17) is 0 Å². The molecule has 0 amide bonds. The third-order valence-electron chi connectivity index (χ3n) is 2.79. The van der Waals surface area contributed by atoms with Crippen molar-refractivity contribution in [1.82, 2.24) is 0 Å². The number of hydrogen-bond donors (Lipinski definition) is 0. The van der Waals surface area contributed by atoms with Crippen molar-refractivity contribution in [3.05, 3.63) is 11.6 Å². The van der Waals surface area contributed by atoms with Crippen molar-refractivity contribution in [1.29, 1.82) is 0 Å². The molecule has 0 bridgehead atoms. The molecule has 1 aliphatic rings. The van der Waals surface area contributed by atoms with Gasteiger partial charge in [-0.3, -0.25) is 9.59 Å². The number of rotatable bonds is 1. The van der Waals surface area contributed by atoms with E-state index in [1.165, 1.54) is 0 Å². The van der Waals surface area contributed by atoms with Crippen molar-refractivity contribution in [3.8, 4) is 0 Å². The van der Waals surface area contributed by atoms with Gasteiger partial charge in [-0.15, -0.1) is 0 Å². The lowest BCUT2D eigenvalue weighted by atomic mass is 9.65. The Labute approximate surface area is 97.9 Å². The second-order valence-electron chi connectivity index (χ2n) is 5.76. The predicted octanol–water partition coefficient (Wildman–Crippen LogP) is 3.07. The third kappa shape index (κ3) is 2.76. The Balaban J connectivity index is 3.27. The first-order chi connectivity index (χ1) is 7.37. The SMILES string of the molecule is CC1(C)C=C(C(=O)C(F)(F)F)C(=O)C(C)(C)C1. The molecule has 17 heavy (non-hydrogen) atoms. The Morgan fingerprint density at radius 1 is 1.24 bits per heavy atom. The maximum absolute atomic E-state index is 12.4. The number of alkyl halides is 3. The highest BCUT2D eigenvalue weighted by Crippen LogP contribution is 2.43. The fourth-order valence-electron chi connectivity index (χ4n) is 2.41. The quantitative estimate of drug-likeness (QED) is 0.668. The Morgan fingerprint density at radius 2 is 1.71 bits per heavy atom. The van der Waals surface area contributed by atoms with Gasteiger partial charge in [0.2, 0.25) is 0 Å². The molecule has 1 aliphatic carbocycles. The zero-order valence-corrected chi connectivity index (χ0v) is 10.2. The highest BCUT2D eigenvalue weighted by Gasteiger charge is 2.49. The number of hydrogen-bond acceptors (Lipinski definition) is 2. The molecule has 0 aliphatic heterocycles. The minimum absolute atomic E-state index is 0.424. The van der Waals surface area contributed by atoms with Crippen LogP contribution in [0.3, 0.4) is 0 Å². The van der Waals surface area contributed by atoms with E-state index >= 15 is 0 Å². The molecular formula is C12H15F3O2. The van der Waals surface area contributed by atoms with Crippen LogP contribution in [0.1, 0.15) is 34.1 Å². The van der Waals surface area contributed by atoms with Crippen LogP contribution in [0, 0.1) is 10.8 Å². The zero-order chi connectivity index (χ0) is 13.6. The molecule has 2 nitrogen and oxygen atoms in total. The summed E-state index contributed by atoms with van der Waals surface area (Å²) in [6.45, 7) is 6.55. The van der Waals surface area contributed by atoms with Gasteiger partial charge in [-0.1, -0.05) is 33.8 Å². The fraction of sp³-hybridized carbons (Fsp3) is 0.667. The van der Waals surface area contributed by atoms with Crippen molar-refractivity contribution >= 4 is 11.6 Å². The summed E-state index contributed by atoms with van der Waals surface area (Å²) in [6.07, 6.45) is -3.42. The van der Waals surface area contributed by atoms with Crippen LogP contribution in [-0.2, 0) is 9.59 Å². The third-order valence-corrected chi connectivity index (χ3v) is 2.79. The van der Waals surface area contributed by atoms with Crippen molar-refractivity contribution in [3.63, 3.8) is 0 Å². The topological polar surface area (TPSA) is 34.1 Å². The fourth-order valence-corrected chi connectivity index (χ4v) is 2.41. The van der Waals surface area contributed by atoms with Gasteiger partial charge in [0.05, 0.1) is 5.57 Å². The van der Waals surface area contributed by atoms with Gasteiger partial charge in [0, 0.05) is 5.41 Å². The first-order valence-corrected chi connectivity index (χ1v) is 5.26. The van der Waals surface area contributed by atoms with Gasteiger partial charge in [0.1, 0.15) is 0 Å². The van der Waals surface area contributed by atoms with E-state index in [9.17, 15) is 22.8 Å². The Kier molecular flexibility index (Phi) is 3.02. The van der Waals surface area contributed by atoms with E-state index in [0.717, 1.165) is 6.08 Å². The molecule has 0 radical (unpaired) electrons. The number of carbonyl (C=O) groups excluding carboxylic acids is 2. The van der Waals surface area contributed by atoms with E-state index in [0.29, 0.717) is 6.42 Å². The van der Waals surface area contributed by atoms with Crippen LogP contribution in [0.5, 0.6) is 0 Å². The molecule has 1 rings (SSSR count). The van der Waals surface area contributed by atoms with E-state index in [1.54, 1.807) is 27.7 Å². The summed E-state index contributed by atoms with van der Waals surface area (Å²) in [4.78, 5) is 23.0. The molecule has 0 fully saturated rings. The van der Waals surface area contributed by atoms with Crippen LogP contribution in [0.2, 0.25) is 0 Å². The van der Waals surface area contributed by atoms with Crippen molar-refractivity contribution < 1.29 is 22.8 Å². The number of allylic oxidation sites excluding steroid dienone is 2. The van der Waals surface area contributed by atoms with Gasteiger partial charge in [-0.25, -0.2) is 0 Å². The molecule has 0 heterocycles. The summed E-state index contributed by atoms with van der Waals surface area (Å²) in [6, 6.07) is 0. The van der Waals surface area contributed by atoms with Crippen LogP contribution in [0.15, 0.2) is 11.6 Å². The average Bonchev–Trinajstić information content (AvgIpc) is 2.07. The van der Waals surface area contributed by atoms with Crippen LogP contribution < -0.4 is 0 Å². The summed E-state index contributed by atoms with van der Waals surface area (Å²) in [5.74, 6) is -2.76. The minimum Gasteiger partial charge on any atom is -0.293 e. The summed E-state index contributed by atoms with van der Waals surface area (Å²) >= 11 is 0. The van der Waals surface area contributed by atoms with Crippen LogP contribution >= 0.6 is 0 Å². The molecule has 0 aromatic heterocycles. The number of carbonyl (C=O) groups is 2. The molecule has 0 saturated carbocycles. The number of halogens is 3. The van der Waals surface area contributed by atoms with Gasteiger partial charge in [-0.2, -0.15) is 13.2 Å². The molecular weight excluding hydrogens is 233 g/mol. The molecule has 0 atom stereocenters. The molecule has 0 unspecified atom stereocenters. The maximum atomic E-state index is 12.4. The lowest BCUT2D eigenvalue weighted by Crippen LogP contribution is -2.41. The summed E-state index contributed by atoms with van der Waals surface area (Å²) in [7, 11) is 0. The van der Waals surface area contributed by atoms with Crippen LogP contribution in [0.25, 0.3) is 0 Å². The Bertz CT molecular complexity index is 400. The van der Waals surface area contributed by atoms with Crippen LogP contribution in [-0.4, -0.2) is 17.7 Å². The maximum Gasteiger partial charge on any atom is 0.454 e. The van der Waals surface area contributed by atoms with Gasteiger partial charge in [0.15, 0.2) is 5.78 Å². The predicted molar refractivity (Wildman–Crippen MR) is 56.3 cm³/mol. The van der Waals surface area contributed by atoms with E-state index in [2.05, 4.69) is 0 Å². The summed E-state index contributed by atoms with van der Waals surface area (Å²) in [5.41, 5.74) is -2.25. The summed E-state index contributed by atoms with van der Waals surface area (Å²) < 4.78 is 37.1. The Morgan fingerprint density at radius 3 is 2.12 bits per heavy atom. The van der Waals surface area contributed by atoms with Crippen molar-refractivity contribution in [2.45, 2.75) is 40.3 Å². The molecule has 0 aromatic carbocycles. The number of Topliss-reactive ketones (excluding diaryl/α,β-unsaturated/α-hetero) is 2. The number of ketones is 2. The van der Waals surface area contributed by atoms with Crippen molar-refractivity contribution in [2.75, 3.05) is 0 Å². The smallest absolute Gasteiger partial charge is 0.293 e. The second-order valence-corrected chi connectivity index (χ2v) is 5.76. The molecule has 0 spiro atoms. The zero-order valence-electron chi connectivity index (χ0n) is 10.2. The van der Waals surface area contributed by atoms with Gasteiger partial charge < -0.3 is 0 Å². The molecule has 96 valence electrons. The van der Waals surface area contributed by atoms with Gasteiger partial charge >= 0.3 is 6.18 Å². The molecule has 0 N–H and O–H groups in total. The molecule has 0 saturated heterocycles. The van der Waals surface area contributed by atoms with Gasteiger partial charge in [0.25, 0.3) is 5.78 Å². The van der Waals surface area contributed by atoms with Crippen LogP contribution in [0.4, 0.5) is 13.2 Å². The second kappa shape index (κ2) is 3.68. The normalized spacial score (nSPS) is 23.2. The first kappa shape index (κ1) is 13.9.